The van der Waals surface area contributed by atoms with E-state index >= 15 is 0 Å². The number of ether oxygens (including phenoxy) is 1. The maximum atomic E-state index is 12.8. The van der Waals surface area contributed by atoms with Crippen LogP contribution in [0.3, 0.4) is 0 Å². The molecule has 8 nitrogen and oxygen atoms in total. The Morgan fingerprint density at radius 1 is 1.00 bits per heavy atom. The van der Waals surface area contributed by atoms with Crippen LogP contribution in [0.1, 0.15) is 23.2 Å². The summed E-state index contributed by atoms with van der Waals surface area (Å²) in [6.45, 7) is 8.43. The first-order valence-corrected chi connectivity index (χ1v) is 8.28. The minimum absolute atomic E-state index is 0.0505. The number of carbonyl (C=O) groups is 2. The standard InChI is InChI=1S/C16H23N5O3/c1-12-17-14(11-15(18-12)20-7-9-24-10-8-20)16(23)21-5-3-19(4-6-21)13(2)22/h11H,3-10H2,1-2H3. The van der Waals surface area contributed by atoms with Gasteiger partial charge in [0.25, 0.3) is 5.91 Å². The van der Waals surface area contributed by atoms with Crippen LogP contribution in [0.2, 0.25) is 0 Å². The second-order valence-corrected chi connectivity index (χ2v) is 6.06. The molecule has 2 fully saturated rings. The third-order valence-corrected chi connectivity index (χ3v) is 4.39. The van der Waals surface area contributed by atoms with Gasteiger partial charge in [-0.2, -0.15) is 0 Å². The lowest BCUT2D eigenvalue weighted by molar-refractivity contribution is -0.130. The lowest BCUT2D eigenvalue weighted by atomic mass is 10.2. The number of piperazine rings is 1. The quantitative estimate of drug-likeness (QED) is 0.754. The van der Waals surface area contributed by atoms with Gasteiger partial charge in [-0.25, -0.2) is 9.97 Å². The van der Waals surface area contributed by atoms with Gasteiger partial charge in [-0.05, 0) is 6.92 Å². The van der Waals surface area contributed by atoms with Crippen LogP contribution in [0.25, 0.3) is 0 Å². The van der Waals surface area contributed by atoms with E-state index in [1.807, 2.05) is 0 Å². The fourth-order valence-corrected chi connectivity index (χ4v) is 3.00. The maximum Gasteiger partial charge on any atom is 0.272 e. The van der Waals surface area contributed by atoms with Crippen LogP contribution < -0.4 is 4.90 Å². The second kappa shape index (κ2) is 7.12. The fourth-order valence-electron chi connectivity index (χ4n) is 3.00. The summed E-state index contributed by atoms with van der Waals surface area (Å²) in [6.07, 6.45) is 0. The molecule has 0 saturated carbocycles. The highest BCUT2D eigenvalue weighted by Crippen LogP contribution is 2.16. The summed E-state index contributed by atoms with van der Waals surface area (Å²) in [5.41, 5.74) is 0.417. The molecule has 24 heavy (non-hydrogen) atoms. The van der Waals surface area contributed by atoms with E-state index in [-0.39, 0.29) is 11.8 Å². The van der Waals surface area contributed by atoms with E-state index in [1.54, 1.807) is 29.7 Å². The summed E-state index contributed by atoms with van der Waals surface area (Å²) in [4.78, 5) is 38.5. The predicted octanol–water partition coefficient (Wildman–Crippen LogP) is -0.0741. The van der Waals surface area contributed by atoms with Crippen LogP contribution in [-0.2, 0) is 9.53 Å². The van der Waals surface area contributed by atoms with Crippen molar-refractivity contribution >= 4 is 17.6 Å². The molecule has 0 unspecified atom stereocenters. The largest absolute Gasteiger partial charge is 0.378 e. The summed E-state index contributed by atoms with van der Waals surface area (Å²) in [5, 5.41) is 0. The van der Waals surface area contributed by atoms with Crippen LogP contribution in [0.5, 0.6) is 0 Å². The lowest BCUT2D eigenvalue weighted by Crippen LogP contribution is -2.50. The first kappa shape index (κ1) is 16.6. The first-order valence-electron chi connectivity index (χ1n) is 8.28. The maximum absolute atomic E-state index is 12.8. The number of hydrogen-bond donors (Lipinski definition) is 0. The van der Waals surface area contributed by atoms with Crippen molar-refractivity contribution in [3.8, 4) is 0 Å². The molecule has 0 radical (unpaired) electrons. The summed E-state index contributed by atoms with van der Waals surface area (Å²) in [7, 11) is 0. The zero-order chi connectivity index (χ0) is 17.1. The van der Waals surface area contributed by atoms with Crippen molar-refractivity contribution in [3.05, 3.63) is 17.6 Å². The van der Waals surface area contributed by atoms with Crippen molar-refractivity contribution in [2.45, 2.75) is 13.8 Å². The molecule has 2 amide bonds. The Bertz CT molecular complexity index is 622. The van der Waals surface area contributed by atoms with Gasteiger partial charge < -0.3 is 19.4 Å². The number of aromatic nitrogens is 2. The van der Waals surface area contributed by atoms with Crippen LogP contribution in [0.4, 0.5) is 5.82 Å². The number of nitrogens with zero attached hydrogens (tertiary/aromatic N) is 5. The molecule has 2 saturated heterocycles. The Kier molecular flexibility index (Phi) is 4.94. The highest BCUT2D eigenvalue weighted by Gasteiger charge is 2.25. The van der Waals surface area contributed by atoms with Gasteiger partial charge in [0.05, 0.1) is 13.2 Å². The molecule has 8 heteroatoms. The number of amides is 2. The molecule has 0 atom stereocenters. The molecule has 1 aromatic heterocycles. The lowest BCUT2D eigenvalue weighted by Gasteiger charge is -2.34. The molecular weight excluding hydrogens is 310 g/mol. The number of aryl methyl sites for hydroxylation is 1. The molecule has 3 rings (SSSR count). The average Bonchev–Trinajstić information content (AvgIpc) is 2.61. The highest BCUT2D eigenvalue weighted by atomic mass is 16.5. The highest BCUT2D eigenvalue weighted by molar-refractivity contribution is 5.93. The van der Waals surface area contributed by atoms with Gasteiger partial charge in [0.1, 0.15) is 17.3 Å². The molecule has 2 aliphatic heterocycles. The summed E-state index contributed by atoms with van der Waals surface area (Å²) in [6, 6.07) is 1.76. The van der Waals surface area contributed by atoms with Gasteiger partial charge in [-0.3, -0.25) is 9.59 Å². The van der Waals surface area contributed by atoms with Gasteiger partial charge >= 0.3 is 0 Å². The Hall–Kier alpha value is -2.22. The normalized spacial score (nSPS) is 18.7. The first-order chi connectivity index (χ1) is 11.5. The summed E-state index contributed by atoms with van der Waals surface area (Å²) < 4.78 is 5.36. The van der Waals surface area contributed by atoms with Crippen LogP contribution in [-0.4, -0.2) is 84.1 Å². The third kappa shape index (κ3) is 3.64. The molecule has 3 heterocycles. The van der Waals surface area contributed by atoms with Gasteiger partial charge in [0, 0.05) is 52.3 Å². The molecule has 130 valence electrons. The van der Waals surface area contributed by atoms with Crippen molar-refractivity contribution in [2.24, 2.45) is 0 Å². The van der Waals surface area contributed by atoms with E-state index in [1.165, 1.54) is 0 Å². The van der Waals surface area contributed by atoms with E-state index in [2.05, 4.69) is 14.9 Å². The van der Waals surface area contributed by atoms with Gasteiger partial charge in [0.2, 0.25) is 5.91 Å². The van der Waals surface area contributed by atoms with E-state index in [4.69, 9.17) is 4.74 Å². The second-order valence-electron chi connectivity index (χ2n) is 6.06. The topological polar surface area (TPSA) is 78.9 Å². The zero-order valence-corrected chi connectivity index (χ0v) is 14.2. The van der Waals surface area contributed by atoms with Crippen molar-refractivity contribution in [3.63, 3.8) is 0 Å². The number of hydrogen-bond acceptors (Lipinski definition) is 6. The molecule has 0 aromatic carbocycles. The Morgan fingerprint density at radius 3 is 2.25 bits per heavy atom. The van der Waals surface area contributed by atoms with Crippen LogP contribution in [0.15, 0.2) is 6.07 Å². The van der Waals surface area contributed by atoms with Gasteiger partial charge in [-0.15, -0.1) is 0 Å². The molecule has 1 aromatic rings. The third-order valence-electron chi connectivity index (χ3n) is 4.39. The number of morpholine rings is 1. The molecule has 2 aliphatic rings. The van der Waals surface area contributed by atoms with E-state index in [0.717, 1.165) is 18.9 Å². The minimum atomic E-state index is -0.0989. The molecule has 0 N–H and O–H groups in total. The van der Waals surface area contributed by atoms with Crippen molar-refractivity contribution in [2.75, 3.05) is 57.4 Å². The Morgan fingerprint density at radius 2 is 1.62 bits per heavy atom. The molecule has 0 spiro atoms. The number of rotatable bonds is 2. The molecular formula is C16H23N5O3. The predicted molar refractivity (Wildman–Crippen MR) is 88.0 cm³/mol. The van der Waals surface area contributed by atoms with Crippen molar-refractivity contribution < 1.29 is 14.3 Å². The summed E-state index contributed by atoms with van der Waals surface area (Å²) in [5.74, 6) is 1.31. The van der Waals surface area contributed by atoms with Crippen LogP contribution in [0, 0.1) is 6.92 Å². The Balaban J connectivity index is 1.73. The van der Waals surface area contributed by atoms with E-state index in [9.17, 15) is 9.59 Å². The van der Waals surface area contributed by atoms with Gasteiger partial charge in [0.15, 0.2) is 0 Å². The Labute approximate surface area is 141 Å². The average molecular weight is 333 g/mol. The van der Waals surface area contributed by atoms with Gasteiger partial charge in [-0.1, -0.05) is 0 Å². The van der Waals surface area contributed by atoms with Crippen molar-refractivity contribution in [1.82, 2.24) is 19.8 Å². The minimum Gasteiger partial charge on any atom is -0.378 e. The monoisotopic (exact) mass is 333 g/mol. The van der Waals surface area contributed by atoms with Crippen LogP contribution >= 0.6 is 0 Å². The SMILES string of the molecule is CC(=O)N1CCN(C(=O)c2cc(N3CCOCC3)nc(C)n2)CC1. The number of anilines is 1. The summed E-state index contributed by atoms with van der Waals surface area (Å²) >= 11 is 0. The van der Waals surface area contributed by atoms with E-state index < -0.39 is 0 Å². The van der Waals surface area contributed by atoms with Crippen molar-refractivity contribution in [1.29, 1.82) is 0 Å². The molecule has 0 aliphatic carbocycles. The van der Waals surface area contributed by atoms with E-state index in [0.29, 0.717) is 50.9 Å². The fraction of sp³-hybridized carbons (Fsp3) is 0.625. The number of carbonyl (C=O) groups excluding carboxylic acids is 2. The zero-order valence-electron chi connectivity index (χ0n) is 14.2. The smallest absolute Gasteiger partial charge is 0.272 e. The molecule has 0 bridgehead atoms.